The van der Waals surface area contributed by atoms with Gasteiger partial charge in [-0.05, 0) is 81.1 Å². The molecule has 0 aliphatic heterocycles. The SMILES string of the molecule is C=NC(=N)c1c(-c2ccc(Oc3ccccc3)cc2)nn(C2CCC(NC(=O)[C@H](N)CC(C)C)CC2)c1NC. The van der Waals surface area contributed by atoms with Crippen molar-refractivity contribution >= 4 is 24.3 Å². The van der Waals surface area contributed by atoms with Crippen LogP contribution in [0.3, 0.4) is 0 Å². The number of hydrogen-bond donors (Lipinski definition) is 4. The van der Waals surface area contributed by atoms with Crippen LogP contribution in [0.15, 0.2) is 59.6 Å². The van der Waals surface area contributed by atoms with Gasteiger partial charge in [-0.15, -0.1) is 0 Å². The molecule has 0 unspecified atom stereocenters. The van der Waals surface area contributed by atoms with Crippen molar-refractivity contribution in [3.63, 3.8) is 0 Å². The van der Waals surface area contributed by atoms with E-state index in [0.717, 1.165) is 42.8 Å². The molecule has 0 bridgehead atoms. The molecule has 1 saturated carbocycles. The van der Waals surface area contributed by atoms with Crippen molar-refractivity contribution in [2.24, 2.45) is 16.6 Å². The van der Waals surface area contributed by atoms with E-state index in [0.29, 0.717) is 29.3 Å². The summed E-state index contributed by atoms with van der Waals surface area (Å²) in [5.74, 6) is 2.57. The molecule has 0 spiro atoms. The van der Waals surface area contributed by atoms with E-state index in [9.17, 15) is 4.79 Å². The van der Waals surface area contributed by atoms with E-state index in [2.05, 4.69) is 36.2 Å². The first kappa shape index (κ1) is 28.0. The number of anilines is 1. The molecule has 0 radical (unpaired) electrons. The van der Waals surface area contributed by atoms with Gasteiger partial charge in [-0.2, -0.15) is 5.10 Å². The predicted molar refractivity (Wildman–Crippen MR) is 157 cm³/mol. The van der Waals surface area contributed by atoms with Gasteiger partial charge in [0.2, 0.25) is 5.91 Å². The molecule has 1 fully saturated rings. The van der Waals surface area contributed by atoms with Crippen LogP contribution in [0.1, 0.15) is 57.6 Å². The number of nitrogens with zero attached hydrogens (tertiary/aromatic N) is 3. The maximum atomic E-state index is 12.5. The number of hydrogen-bond acceptors (Lipinski definition) is 6. The summed E-state index contributed by atoms with van der Waals surface area (Å²) < 4.78 is 7.91. The van der Waals surface area contributed by atoms with Gasteiger partial charge in [0.05, 0.1) is 17.6 Å². The molecule has 9 nitrogen and oxygen atoms in total. The molecule has 206 valence electrons. The van der Waals surface area contributed by atoms with E-state index in [1.807, 2.05) is 66.3 Å². The average Bonchev–Trinajstić information content (AvgIpc) is 3.33. The Bertz CT molecular complexity index is 1280. The van der Waals surface area contributed by atoms with E-state index in [-0.39, 0.29) is 23.8 Å². The minimum atomic E-state index is -0.475. The number of aromatic nitrogens is 2. The van der Waals surface area contributed by atoms with Crippen LogP contribution in [0.5, 0.6) is 11.5 Å². The summed E-state index contributed by atoms with van der Waals surface area (Å²) in [5, 5.41) is 19.9. The second kappa shape index (κ2) is 12.7. The number of nitrogens with one attached hydrogen (secondary N) is 3. The maximum Gasteiger partial charge on any atom is 0.237 e. The second-order valence-electron chi connectivity index (χ2n) is 10.5. The van der Waals surface area contributed by atoms with Gasteiger partial charge in [-0.25, -0.2) is 9.67 Å². The van der Waals surface area contributed by atoms with Gasteiger partial charge in [0.15, 0.2) is 5.84 Å². The third-order valence-corrected chi connectivity index (χ3v) is 7.10. The van der Waals surface area contributed by atoms with Gasteiger partial charge in [-0.3, -0.25) is 10.2 Å². The Morgan fingerprint density at radius 2 is 1.77 bits per heavy atom. The van der Waals surface area contributed by atoms with Crippen LogP contribution in [0.4, 0.5) is 5.82 Å². The van der Waals surface area contributed by atoms with Gasteiger partial charge in [0.1, 0.15) is 23.0 Å². The smallest absolute Gasteiger partial charge is 0.237 e. The maximum absolute atomic E-state index is 12.5. The Labute approximate surface area is 230 Å². The van der Waals surface area contributed by atoms with Crippen molar-refractivity contribution in [2.75, 3.05) is 12.4 Å². The van der Waals surface area contributed by atoms with Gasteiger partial charge in [-0.1, -0.05) is 32.0 Å². The van der Waals surface area contributed by atoms with Crippen LogP contribution in [0.25, 0.3) is 11.3 Å². The number of carbonyl (C=O) groups excluding carboxylic acids is 1. The number of benzene rings is 2. The van der Waals surface area contributed by atoms with Crippen molar-refractivity contribution in [2.45, 2.75) is 64.1 Å². The summed E-state index contributed by atoms with van der Waals surface area (Å²) in [7, 11) is 1.83. The molecule has 39 heavy (non-hydrogen) atoms. The highest BCUT2D eigenvalue weighted by molar-refractivity contribution is 6.08. The predicted octanol–water partition coefficient (Wildman–Crippen LogP) is 5.38. The number of carbonyl (C=O) groups is 1. The molecular weight excluding hydrogens is 490 g/mol. The lowest BCUT2D eigenvalue weighted by Crippen LogP contribution is -2.47. The fourth-order valence-electron chi connectivity index (χ4n) is 5.14. The molecule has 9 heteroatoms. The summed E-state index contributed by atoms with van der Waals surface area (Å²) in [6.45, 7) is 7.73. The van der Waals surface area contributed by atoms with Crippen LogP contribution in [-0.4, -0.2) is 47.4 Å². The lowest BCUT2D eigenvalue weighted by Gasteiger charge is -2.31. The Kier molecular flexibility index (Phi) is 9.14. The molecule has 1 heterocycles. The molecule has 0 saturated heterocycles. The average molecular weight is 530 g/mol. The number of rotatable bonds is 10. The van der Waals surface area contributed by atoms with Crippen molar-refractivity contribution in [1.29, 1.82) is 5.41 Å². The summed E-state index contributed by atoms with van der Waals surface area (Å²) in [4.78, 5) is 16.4. The molecule has 3 aromatic rings. The number of para-hydroxylation sites is 1. The fourth-order valence-corrected chi connectivity index (χ4v) is 5.14. The molecule has 1 aliphatic rings. The van der Waals surface area contributed by atoms with Crippen molar-refractivity contribution < 1.29 is 9.53 Å². The lowest BCUT2D eigenvalue weighted by atomic mass is 9.90. The van der Waals surface area contributed by atoms with Crippen LogP contribution < -0.4 is 21.1 Å². The topological polar surface area (TPSA) is 130 Å². The Hall–Kier alpha value is -3.98. The lowest BCUT2D eigenvalue weighted by molar-refractivity contribution is -0.123. The van der Waals surface area contributed by atoms with Crippen LogP contribution in [0, 0.1) is 11.3 Å². The minimum absolute atomic E-state index is 0.0605. The van der Waals surface area contributed by atoms with Crippen LogP contribution in [0.2, 0.25) is 0 Å². The van der Waals surface area contributed by atoms with Gasteiger partial charge in [0, 0.05) is 18.7 Å². The Balaban J connectivity index is 1.52. The van der Waals surface area contributed by atoms with E-state index in [1.54, 1.807) is 0 Å². The first-order valence-electron chi connectivity index (χ1n) is 13.6. The minimum Gasteiger partial charge on any atom is -0.457 e. The van der Waals surface area contributed by atoms with Gasteiger partial charge < -0.3 is 21.1 Å². The van der Waals surface area contributed by atoms with Crippen molar-refractivity contribution in [1.82, 2.24) is 15.1 Å². The first-order chi connectivity index (χ1) is 18.8. The second-order valence-corrected chi connectivity index (χ2v) is 10.5. The highest BCUT2D eigenvalue weighted by Crippen LogP contribution is 2.37. The zero-order chi connectivity index (χ0) is 27.9. The largest absolute Gasteiger partial charge is 0.457 e. The number of amides is 1. The highest BCUT2D eigenvalue weighted by Gasteiger charge is 2.30. The Morgan fingerprint density at radius 3 is 2.36 bits per heavy atom. The molecule has 2 aromatic carbocycles. The third-order valence-electron chi connectivity index (χ3n) is 7.10. The van der Waals surface area contributed by atoms with Crippen LogP contribution >= 0.6 is 0 Å². The molecule has 1 aliphatic carbocycles. The Morgan fingerprint density at radius 1 is 1.13 bits per heavy atom. The summed E-state index contributed by atoms with van der Waals surface area (Å²) >= 11 is 0. The fraction of sp³-hybridized carbons (Fsp3) is 0.400. The number of amidine groups is 1. The number of aliphatic imine (C=N–C) groups is 1. The molecular formula is C30H39N7O2. The first-order valence-corrected chi connectivity index (χ1v) is 13.6. The zero-order valence-corrected chi connectivity index (χ0v) is 23.0. The number of ether oxygens (including phenoxy) is 1. The summed E-state index contributed by atoms with van der Waals surface area (Å²) in [6, 6.07) is 17.0. The van der Waals surface area contributed by atoms with E-state index >= 15 is 0 Å². The summed E-state index contributed by atoms with van der Waals surface area (Å²) in [5.41, 5.74) is 8.21. The molecule has 5 N–H and O–H groups in total. The number of nitrogens with two attached hydrogens (primary N) is 1. The van der Waals surface area contributed by atoms with E-state index in [4.69, 9.17) is 21.0 Å². The quantitative estimate of drug-likeness (QED) is 0.207. The van der Waals surface area contributed by atoms with E-state index in [1.165, 1.54) is 0 Å². The third kappa shape index (κ3) is 6.72. The molecule has 1 aromatic heterocycles. The molecule has 4 rings (SSSR count). The van der Waals surface area contributed by atoms with Gasteiger partial charge >= 0.3 is 0 Å². The molecule has 1 atom stereocenters. The normalized spacial score (nSPS) is 17.9. The van der Waals surface area contributed by atoms with Crippen molar-refractivity contribution in [3.05, 3.63) is 60.2 Å². The highest BCUT2D eigenvalue weighted by atomic mass is 16.5. The standard InChI is InChI=1S/C30H39N7O2/c1-19(2)18-25(31)30(38)35-21-12-14-22(15-13-21)37-29(34-4)26(28(32)33-3)27(36-37)20-10-16-24(17-11-20)39-23-8-6-5-7-9-23/h5-11,16-17,19,21-22,25,32,34H,3,12-15,18,31H2,1-2,4H3,(H,35,38)/t21?,22?,25-/m1/s1. The van der Waals surface area contributed by atoms with Crippen LogP contribution in [-0.2, 0) is 4.79 Å². The van der Waals surface area contributed by atoms with Crippen molar-refractivity contribution in [3.8, 4) is 22.8 Å². The van der Waals surface area contributed by atoms with Gasteiger partial charge in [0.25, 0.3) is 0 Å². The van der Waals surface area contributed by atoms with E-state index < -0.39 is 6.04 Å². The monoisotopic (exact) mass is 529 g/mol. The summed E-state index contributed by atoms with van der Waals surface area (Å²) in [6.07, 6.45) is 4.03. The molecule has 1 amide bonds. The zero-order valence-electron chi connectivity index (χ0n) is 23.0.